The molecule has 1 aromatic heterocycles. The van der Waals surface area contributed by atoms with Crippen LogP contribution < -0.4 is 4.90 Å². The van der Waals surface area contributed by atoms with Crippen molar-refractivity contribution < 1.29 is 9.18 Å². The van der Waals surface area contributed by atoms with Gasteiger partial charge >= 0.3 is 0 Å². The van der Waals surface area contributed by atoms with Gasteiger partial charge in [0.05, 0.1) is 5.69 Å². The zero-order valence-electron chi connectivity index (χ0n) is 16.4. The van der Waals surface area contributed by atoms with Crippen molar-refractivity contribution in [2.75, 3.05) is 32.1 Å². The summed E-state index contributed by atoms with van der Waals surface area (Å²) in [4.78, 5) is 25.6. The number of anilines is 1. The van der Waals surface area contributed by atoms with Gasteiger partial charge in [0.2, 0.25) is 11.9 Å². The van der Waals surface area contributed by atoms with Gasteiger partial charge in [-0.3, -0.25) is 4.79 Å². The van der Waals surface area contributed by atoms with Gasteiger partial charge in [0, 0.05) is 50.8 Å². The molecule has 2 heterocycles. The Hall–Kier alpha value is -2.50. The van der Waals surface area contributed by atoms with E-state index in [-0.39, 0.29) is 23.6 Å². The third-order valence-electron chi connectivity index (χ3n) is 4.97. The van der Waals surface area contributed by atoms with Crippen LogP contribution in [0, 0.1) is 11.7 Å². The van der Waals surface area contributed by atoms with E-state index >= 15 is 0 Å². The first-order valence-electron chi connectivity index (χ1n) is 9.45. The van der Waals surface area contributed by atoms with Gasteiger partial charge in [-0.25, -0.2) is 14.4 Å². The molecule has 0 spiro atoms. The van der Waals surface area contributed by atoms with Crippen LogP contribution in [-0.2, 0) is 4.79 Å². The highest BCUT2D eigenvalue weighted by Crippen LogP contribution is 2.34. The molecule has 0 saturated carbocycles. The van der Waals surface area contributed by atoms with Crippen LogP contribution in [0.1, 0.15) is 38.3 Å². The predicted molar refractivity (Wildman–Crippen MR) is 105 cm³/mol. The first-order chi connectivity index (χ1) is 12.9. The molecule has 1 aromatic carbocycles. The van der Waals surface area contributed by atoms with E-state index in [0.29, 0.717) is 12.5 Å². The summed E-state index contributed by atoms with van der Waals surface area (Å²) in [7, 11) is 3.82. The lowest BCUT2D eigenvalue weighted by Gasteiger charge is -2.34. The summed E-state index contributed by atoms with van der Waals surface area (Å²) in [5.74, 6) is 0.692. The highest BCUT2D eigenvalue weighted by Gasteiger charge is 2.29. The minimum absolute atomic E-state index is 0.0111. The number of carbonyl (C=O) groups excluding carboxylic acids is 1. The third-order valence-corrected chi connectivity index (χ3v) is 4.97. The molecule has 1 fully saturated rings. The number of amides is 1. The number of benzene rings is 1. The summed E-state index contributed by atoms with van der Waals surface area (Å²) in [6, 6.07) is 6.42. The molecule has 1 aliphatic rings. The van der Waals surface area contributed by atoms with Crippen molar-refractivity contribution in [3.8, 4) is 11.1 Å². The van der Waals surface area contributed by atoms with E-state index in [1.807, 2.05) is 43.9 Å². The van der Waals surface area contributed by atoms with Crippen molar-refractivity contribution in [1.29, 1.82) is 0 Å². The van der Waals surface area contributed by atoms with Crippen molar-refractivity contribution in [3.05, 3.63) is 42.0 Å². The molecular weight excluding hydrogens is 343 g/mol. The van der Waals surface area contributed by atoms with E-state index in [9.17, 15) is 9.18 Å². The number of rotatable bonds is 4. The van der Waals surface area contributed by atoms with Crippen molar-refractivity contribution in [2.24, 2.45) is 5.92 Å². The Bertz CT molecular complexity index is 804. The molecule has 3 rings (SSSR count). The number of piperidine rings is 1. The minimum Gasteiger partial charge on any atom is -0.347 e. The van der Waals surface area contributed by atoms with Crippen LogP contribution >= 0.6 is 0 Å². The zero-order valence-corrected chi connectivity index (χ0v) is 16.4. The second kappa shape index (κ2) is 8.03. The fourth-order valence-electron chi connectivity index (χ4n) is 3.53. The standard InChI is InChI=1S/C21H27FN4O/c1-14(2)20(27)26-11-5-6-16(13-26)19-18(12-23-21(24-19)25(3)4)15-7-9-17(22)10-8-15/h7-10,12,14,16H,5-6,11,13H2,1-4H3. The SMILES string of the molecule is CC(C)C(=O)N1CCCC(c2nc(N(C)C)ncc2-c2ccc(F)cc2)C1. The summed E-state index contributed by atoms with van der Waals surface area (Å²) >= 11 is 0. The maximum Gasteiger partial charge on any atom is 0.225 e. The lowest BCUT2D eigenvalue weighted by atomic mass is 9.89. The summed E-state index contributed by atoms with van der Waals surface area (Å²) < 4.78 is 13.4. The molecule has 1 atom stereocenters. The average Bonchev–Trinajstić information content (AvgIpc) is 2.67. The largest absolute Gasteiger partial charge is 0.347 e. The summed E-state index contributed by atoms with van der Waals surface area (Å²) in [6.07, 6.45) is 3.74. The number of halogens is 1. The molecule has 1 aliphatic heterocycles. The van der Waals surface area contributed by atoms with E-state index in [1.54, 1.807) is 12.1 Å². The molecular formula is C21H27FN4O. The maximum absolute atomic E-state index is 13.4. The van der Waals surface area contributed by atoms with Crippen molar-refractivity contribution in [2.45, 2.75) is 32.6 Å². The summed E-state index contributed by atoms with van der Waals surface area (Å²) in [5, 5.41) is 0. The lowest BCUT2D eigenvalue weighted by Crippen LogP contribution is -2.41. The smallest absolute Gasteiger partial charge is 0.225 e. The van der Waals surface area contributed by atoms with Gasteiger partial charge in [0.1, 0.15) is 5.82 Å². The number of nitrogens with zero attached hydrogens (tertiary/aromatic N) is 4. The van der Waals surface area contributed by atoms with Gasteiger partial charge in [0.25, 0.3) is 0 Å². The first-order valence-corrected chi connectivity index (χ1v) is 9.45. The third kappa shape index (κ3) is 4.26. The summed E-state index contributed by atoms with van der Waals surface area (Å²) in [5.41, 5.74) is 2.73. The van der Waals surface area contributed by atoms with E-state index < -0.39 is 0 Å². The normalized spacial score (nSPS) is 17.3. The van der Waals surface area contributed by atoms with Gasteiger partial charge < -0.3 is 9.80 Å². The second-order valence-electron chi connectivity index (χ2n) is 7.65. The molecule has 0 bridgehead atoms. The van der Waals surface area contributed by atoms with Crippen molar-refractivity contribution >= 4 is 11.9 Å². The quantitative estimate of drug-likeness (QED) is 0.823. The maximum atomic E-state index is 13.4. The molecule has 2 aromatic rings. The number of carbonyl (C=O) groups is 1. The molecule has 1 amide bonds. The van der Waals surface area contributed by atoms with Crippen LogP contribution in [-0.4, -0.2) is 48.0 Å². The van der Waals surface area contributed by atoms with E-state index in [2.05, 4.69) is 4.98 Å². The van der Waals surface area contributed by atoms with Crippen LogP contribution in [0.2, 0.25) is 0 Å². The first kappa shape index (κ1) is 19.3. The number of hydrogen-bond donors (Lipinski definition) is 0. The second-order valence-corrected chi connectivity index (χ2v) is 7.65. The highest BCUT2D eigenvalue weighted by atomic mass is 19.1. The Kier molecular flexibility index (Phi) is 5.73. The monoisotopic (exact) mass is 370 g/mol. The van der Waals surface area contributed by atoms with Crippen LogP contribution in [0.4, 0.5) is 10.3 Å². The Balaban J connectivity index is 1.99. The fraction of sp³-hybridized carbons (Fsp3) is 0.476. The number of aromatic nitrogens is 2. The van der Waals surface area contributed by atoms with Crippen LogP contribution in [0.25, 0.3) is 11.1 Å². The molecule has 144 valence electrons. The van der Waals surface area contributed by atoms with Gasteiger partial charge in [-0.15, -0.1) is 0 Å². The Morgan fingerprint density at radius 1 is 1.26 bits per heavy atom. The molecule has 0 N–H and O–H groups in total. The van der Waals surface area contributed by atoms with Gasteiger partial charge in [0.15, 0.2) is 0 Å². The minimum atomic E-state index is -0.266. The lowest BCUT2D eigenvalue weighted by molar-refractivity contribution is -0.135. The highest BCUT2D eigenvalue weighted by molar-refractivity contribution is 5.78. The Morgan fingerprint density at radius 2 is 1.96 bits per heavy atom. The fourth-order valence-corrected chi connectivity index (χ4v) is 3.53. The average molecular weight is 370 g/mol. The predicted octanol–water partition coefficient (Wildman–Crippen LogP) is 3.71. The molecule has 27 heavy (non-hydrogen) atoms. The topological polar surface area (TPSA) is 49.3 Å². The molecule has 5 nitrogen and oxygen atoms in total. The Morgan fingerprint density at radius 3 is 2.59 bits per heavy atom. The van der Waals surface area contributed by atoms with E-state index in [1.165, 1.54) is 12.1 Å². The van der Waals surface area contributed by atoms with Crippen LogP contribution in [0.3, 0.4) is 0 Å². The van der Waals surface area contributed by atoms with Gasteiger partial charge in [-0.2, -0.15) is 0 Å². The van der Waals surface area contributed by atoms with Crippen molar-refractivity contribution in [1.82, 2.24) is 14.9 Å². The van der Waals surface area contributed by atoms with E-state index in [4.69, 9.17) is 4.98 Å². The summed E-state index contributed by atoms with van der Waals surface area (Å²) in [6.45, 7) is 5.33. The molecule has 6 heteroatoms. The number of hydrogen-bond acceptors (Lipinski definition) is 4. The molecule has 0 radical (unpaired) electrons. The number of likely N-dealkylation sites (tertiary alicyclic amines) is 1. The van der Waals surface area contributed by atoms with Gasteiger partial charge in [-0.05, 0) is 30.5 Å². The van der Waals surface area contributed by atoms with E-state index in [0.717, 1.165) is 36.2 Å². The molecule has 1 unspecified atom stereocenters. The molecule has 1 saturated heterocycles. The Labute approximate surface area is 160 Å². The zero-order chi connectivity index (χ0) is 19.6. The van der Waals surface area contributed by atoms with Crippen molar-refractivity contribution in [3.63, 3.8) is 0 Å². The van der Waals surface area contributed by atoms with Gasteiger partial charge in [-0.1, -0.05) is 26.0 Å². The van der Waals surface area contributed by atoms with Crippen LogP contribution in [0.15, 0.2) is 30.5 Å². The van der Waals surface area contributed by atoms with Crippen LogP contribution in [0.5, 0.6) is 0 Å². The molecule has 0 aliphatic carbocycles.